The van der Waals surface area contributed by atoms with E-state index >= 15 is 0 Å². The second-order valence-electron chi connectivity index (χ2n) is 2.38. The van der Waals surface area contributed by atoms with E-state index in [0.717, 1.165) is 0 Å². The first-order valence-corrected chi connectivity index (χ1v) is 6.80. The first-order valence-electron chi connectivity index (χ1n) is 3.32. The number of pyridine rings is 1. The number of halogens is 5. The highest BCUT2D eigenvalue weighted by Gasteiger charge is 2.26. The number of aromatic nitrogens is 1. The van der Waals surface area contributed by atoms with Crippen molar-refractivity contribution in [3.05, 3.63) is 21.4 Å². The van der Waals surface area contributed by atoms with Crippen LogP contribution in [0.2, 0.25) is 5.15 Å². The Kier molecular flexibility index (Phi) is 3.91. The summed E-state index contributed by atoms with van der Waals surface area (Å²) in [4.78, 5) is 2.66. The molecular weight excluding hydrogens is 339 g/mol. The maximum atomic E-state index is 12.6. The van der Waals surface area contributed by atoms with E-state index in [1.807, 2.05) is 0 Å². The van der Waals surface area contributed by atoms with Crippen molar-refractivity contribution in [2.24, 2.45) is 0 Å². The van der Waals surface area contributed by atoms with Gasteiger partial charge in [-0.1, -0.05) is 11.6 Å². The Morgan fingerprint density at radius 1 is 1.47 bits per heavy atom. The molecule has 0 aromatic carbocycles. The zero-order valence-electron chi connectivity index (χ0n) is 6.72. The summed E-state index contributed by atoms with van der Waals surface area (Å²) in [6.07, 6.45) is -2.33. The Hall–Kier alpha value is 0.0200. The molecule has 0 aliphatic rings. The molecule has 0 aliphatic carbocycles. The van der Waals surface area contributed by atoms with Gasteiger partial charge in [0.05, 0.1) is 10.0 Å². The standard InChI is InChI=1S/C6H2BrCl2F2NO2S/c7-4-3(6(10)11)2(15(9,13)14)1-12-5(4)8/h1,6H. The fraction of sp³-hybridized carbons (Fsp3) is 0.167. The topological polar surface area (TPSA) is 47.0 Å². The first kappa shape index (κ1) is 13.1. The van der Waals surface area contributed by atoms with Gasteiger partial charge in [0.15, 0.2) is 0 Å². The predicted octanol–water partition coefficient (Wildman–Crippen LogP) is 3.36. The van der Waals surface area contributed by atoms with E-state index < -0.39 is 25.9 Å². The van der Waals surface area contributed by atoms with Crippen LogP contribution < -0.4 is 0 Å². The molecule has 0 bridgehead atoms. The van der Waals surface area contributed by atoms with Gasteiger partial charge < -0.3 is 0 Å². The summed E-state index contributed by atoms with van der Waals surface area (Å²) in [7, 11) is 0.690. The molecule has 15 heavy (non-hydrogen) atoms. The van der Waals surface area contributed by atoms with Crippen molar-refractivity contribution in [1.29, 1.82) is 0 Å². The number of hydrogen-bond donors (Lipinski definition) is 0. The van der Waals surface area contributed by atoms with Gasteiger partial charge in [-0.2, -0.15) is 0 Å². The second-order valence-corrected chi connectivity index (χ2v) is 6.06. The van der Waals surface area contributed by atoms with Crippen LogP contribution in [0.25, 0.3) is 0 Å². The van der Waals surface area contributed by atoms with E-state index in [0.29, 0.717) is 6.20 Å². The Labute approximate surface area is 102 Å². The van der Waals surface area contributed by atoms with E-state index in [1.165, 1.54) is 0 Å². The maximum absolute atomic E-state index is 12.6. The van der Waals surface area contributed by atoms with Crippen LogP contribution >= 0.6 is 38.2 Å². The van der Waals surface area contributed by atoms with E-state index in [9.17, 15) is 17.2 Å². The zero-order chi connectivity index (χ0) is 11.8. The van der Waals surface area contributed by atoms with Crippen molar-refractivity contribution in [2.45, 2.75) is 11.3 Å². The zero-order valence-corrected chi connectivity index (χ0v) is 10.6. The average molecular weight is 341 g/mol. The van der Waals surface area contributed by atoms with E-state index in [1.54, 1.807) is 0 Å². The molecular formula is C6H2BrCl2F2NO2S. The molecule has 1 rings (SSSR count). The molecule has 1 heterocycles. The van der Waals surface area contributed by atoms with Gasteiger partial charge in [-0.25, -0.2) is 22.2 Å². The van der Waals surface area contributed by atoms with Gasteiger partial charge in [-0.3, -0.25) is 0 Å². The van der Waals surface area contributed by atoms with E-state index in [4.69, 9.17) is 22.3 Å². The lowest BCUT2D eigenvalue weighted by atomic mass is 10.3. The van der Waals surface area contributed by atoms with Crippen LogP contribution in [-0.2, 0) is 9.05 Å². The van der Waals surface area contributed by atoms with Crippen LogP contribution in [0.5, 0.6) is 0 Å². The summed E-state index contributed by atoms with van der Waals surface area (Å²) in [6.45, 7) is 0. The van der Waals surface area contributed by atoms with Gasteiger partial charge in [0.1, 0.15) is 10.0 Å². The number of hydrogen-bond acceptors (Lipinski definition) is 3. The molecule has 0 atom stereocenters. The minimum absolute atomic E-state index is 0.255. The Bertz CT molecular complexity index is 494. The summed E-state index contributed by atoms with van der Waals surface area (Å²) in [5.41, 5.74) is -0.787. The summed E-state index contributed by atoms with van der Waals surface area (Å²) >= 11 is 8.18. The number of alkyl halides is 2. The largest absolute Gasteiger partial charge is 0.266 e. The molecule has 0 amide bonds. The molecule has 84 valence electrons. The van der Waals surface area contributed by atoms with Crippen LogP contribution in [0.1, 0.15) is 12.0 Å². The molecule has 0 aliphatic heterocycles. The number of nitrogens with zero attached hydrogens (tertiary/aromatic N) is 1. The molecule has 0 saturated carbocycles. The van der Waals surface area contributed by atoms with Crippen molar-refractivity contribution in [2.75, 3.05) is 0 Å². The minimum Gasteiger partial charge on any atom is -0.242 e. The van der Waals surface area contributed by atoms with Crippen LogP contribution in [0.3, 0.4) is 0 Å². The summed E-state index contributed by atoms with van der Waals surface area (Å²) in [6, 6.07) is 0. The van der Waals surface area contributed by atoms with Gasteiger partial charge in [-0.15, -0.1) is 0 Å². The average Bonchev–Trinajstić information content (AvgIpc) is 2.06. The summed E-state index contributed by atoms with van der Waals surface area (Å²) < 4.78 is 46.7. The lowest BCUT2D eigenvalue weighted by Crippen LogP contribution is -2.01. The molecule has 3 nitrogen and oxygen atoms in total. The van der Waals surface area contributed by atoms with Crippen LogP contribution in [0, 0.1) is 0 Å². The van der Waals surface area contributed by atoms with Gasteiger partial charge >= 0.3 is 0 Å². The normalized spacial score (nSPS) is 12.1. The fourth-order valence-electron chi connectivity index (χ4n) is 0.858. The third-order valence-corrected chi connectivity index (χ3v) is 4.13. The van der Waals surface area contributed by atoms with Gasteiger partial charge in [-0.05, 0) is 15.9 Å². The Morgan fingerprint density at radius 2 is 2.00 bits per heavy atom. The first-order chi connectivity index (χ1) is 6.75. The molecule has 1 aromatic heterocycles. The van der Waals surface area contributed by atoms with Gasteiger partial charge in [0.2, 0.25) is 0 Å². The molecule has 0 fully saturated rings. The van der Waals surface area contributed by atoms with Crippen molar-refractivity contribution in [1.82, 2.24) is 4.98 Å². The highest BCUT2D eigenvalue weighted by Crippen LogP contribution is 2.37. The van der Waals surface area contributed by atoms with E-state index in [-0.39, 0.29) is 9.63 Å². The molecule has 0 radical (unpaired) electrons. The highest BCUT2D eigenvalue weighted by molar-refractivity contribution is 9.10. The van der Waals surface area contributed by atoms with Gasteiger partial charge in [0.25, 0.3) is 15.5 Å². The van der Waals surface area contributed by atoms with E-state index in [2.05, 4.69) is 20.9 Å². The molecule has 0 unspecified atom stereocenters. The van der Waals surface area contributed by atoms with Gasteiger partial charge in [0, 0.05) is 16.9 Å². The highest BCUT2D eigenvalue weighted by atomic mass is 79.9. The minimum atomic E-state index is -4.28. The van der Waals surface area contributed by atoms with Crippen molar-refractivity contribution in [3.8, 4) is 0 Å². The lowest BCUT2D eigenvalue weighted by Gasteiger charge is -2.08. The smallest absolute Gasteiger partial charge is 0.242 e. The fourth-order valence-corrected chi connectivity index (χ4v) is 2.63. The van der Waals surface area contributed by atoms with Crippen LogP contribution in [0.15, 0.2) is 15.6 Å². The second kappa shape index (κ2) is 4.48. The summed E-state index contributed by atoms with van der Waals surface area (Å²) in [5.74, 6) is 0. The number of rotatable bonds is 2. The lowest BCUT2D eigenvalue weighted by molar-refractivity contribution is 0.147. The Morgan fingerprint density at radius 3 is 2.40 bits per heavy atom. The Balaban J connectivity index is 3.62. The van der Waals surface area contributed by atoms with Crippen LogP contribution in [0.4, 0.5) is 8.78 Å². The molecule has 0 spiro atoms. The maximum Gasteiger partial charge on any atom is 0.266 e. The van der Waals surface area contributed by atoms with Crippen molar-refractivity contribution in [3.63, 3.8) is 0 Å². The van der Waals surface area contributed by atoms with Crippen LogP contribution in [-0.4, -0.2) is 13.4 Å². The third kappa shape index (κ3) is 2.77. The molecule has 1 aromatic rings. The third-order valence-electron chi connectivity index (χ3n) is 1.46. The predicted molar refractivity (Wildman–Crippen MR) is 54.9 cm³/mol. The monoisotopic (exact) mass is 339 g/mol. The van der Waals surface area contributed by atoms with Crippen molar-refractivity contribution >= 4 is 47.3 Å². The SMILES string of the molecule is O=S(=O)(Cl)c1cnc(Cl)c(Br)c1C(F)F. The summed E-state index contributed by atoms with van der Waals surface area (Å²) in [5, 5.41) is -0.255. The molecule has 9 heteroatoms. The molecule has 0 saturated heterocycles. The quantitative estimate of drug-likeness (QED) is 0.612. The van der Waals surface area contributed by atoms with Crippen molar-refractivity contribution < 1.29 is 17.2 Å². The molecule has 0 N–H and O–H groups in total.